The Balaban J connectivity index is 1.85. The minimum atomic E-state index is -0.101. The number of ether oxygens (including phenoxy) is 1. The Morgan fingerprint density at radius 2 is 2.10 bits per heavy atom. The van der Waals surface area contributed by atoms with Crippen molar-refractivity contribution in [3.8, 4) is 0 Å². The first-order chi connectivity index (χ1) is 9.66. The Labute approximate surface area is 123 Å². The number of carbonyl (C=O) groups excluding carboxylic acids is 1. The maximum atomic E-state index is 12.7. The highest BCUT2D eigenvalue weighted by Crippen LogP contribution is 2.24. The van der Waals surface area contributed by atoms with E-state index in [4.69, 9.17) is 22.7 Å². The van der Waals surface area contributed by atoms with Gasteiger partial charge < -0.3 is 15.4 Å². The van der Waals surface area contributed by atoms with Crippen LogP contribution in [-0.2, 0) is 18.0 Å². The lowest BCUT2D eigenvalue weighted by Gasteiger charge is -2.35. The highest BCUT2D eigenvalue weighted by molar-refractivity contribution is 7.80. The SMILES string of the molecule is NC(=S)C1CCCCN1C(=O)c1ccc2c(c1)COC2. The van der Waals surface area contributed by atoms with Gasteiger partial charge in [0, 0.05) is 12.1 Å². The zero-order valence-electron chi connectivity index (χ0n) is 11.3. The molecule has 1 fully saturated rings. The monoisotopic (exact) mass is 290 g/mol. The highest BCUT2D eigenvalue weighted by atomic mass is 32.1. The molecule has 2 aliphatic rings. The summed E-state index contributed by atoms with van der Waals surface area (Å²) in [6.45, 7) is 1.96. The van der Waals surface area contributed by atoms with E-state index in [9.17, 15) is 4.79 Å². The molecule has 1 aromatic carbocycles. The van der Waals surface area contributed by atoms with E-state index >= 15 is 0 Å². The molecule has 5 heteroatoms. The Morgan fingerprint density at radius 1 is 1.30 bits per heavy atom. The molecule has 1 atom stereocenters. The summed E-state index contributed by atoms with van der Waals surface area (Å²) in [5.74, 6) is 0.0252. The van der Waals surface area contributed by atoms with Crippen molar-refractivity contribution in [1.29, 1.82) is 0 Å². The van der Waals surface area contributed by atoms with Crippen molar-refractivity contribution < 1.29 is 9.53 Å². The Bertz CT molecular complexity index is 559. The Morgan fingerprint density at radius 3 is 2.90 bits per heavy atom. The van der Waals surface area contributed by atoms with E-state index in [0.29, 0.717) is 23.8 Å². The molecular formula is C15H18N2O2S. The third-order valence-electron chi connectivity index (χ3n) is 4.06. The molecule has 1 amide bonds. The largest absolute Gasteiger partial charge is 0.392 e. The lowest BCUT2D eigenvalue weighted by atomic mass is 9.99. The van der Waals surface area contributed by atoms with Crippen molar-refractivity contribution in [3.05, 3.63) is 34.9 Å². The van der Waals surface area contributed by atoms with Gasteiger partial charge in [-0.05, 0) is 42.5 Å². The minimum absolute atomic E-state index is 0.0252. The van der Waals surface area contributed by atoms with Crippen LogP contribution in [-0.4, -0.2) is 28.4 Å². The van der Waals surface area contributed by atoms with Crippen molar-refractivity contribution in [2.45, 2.75) is 38.5 Å². The van der Waals surface area contributed by atoms with Crippen molar-refractivity contribution in [1.82, 2.24) is 4.90 Å². The topological polar surface area (TPSA) is 55.6 Å². The van der Waals surface area contributed by atoms with Crippen LogP contribution in [0.4, 0.5) is 0 Å². The van der Waals surface area contributed by atoms with E-state index in [-0.39, 0.29) is 11.9 Å². The molecule has 2 aliphatic heterocycles. The van der Waals surface area contributed by atoms with E-state index in [1.54, 1.807) is 0 Å². The quantitative estimate of drug-likeness (QED) is 0.846. The molecule has 2 N–H and O–H groups in total. The van der Waals surface area contributed by atoms with Gasteiger partial charge in [-0.3, -0.25) is 4.79 Å². The summed E-state index contributed by atoms with van der Waals surface area (Å²) in [6.07, 6.45) is 2.96. The number of nitrogens with zero attached hydrogens (tertiary/aromatic N) is 1. The number of hydrogen-bond donors (Lipinski definition) is 1. The summed E-state index contributed by atoms with van der Waals surface area (Å²) in [7, 11) is 0. The number of carbonyl (C=O) groups is 1. The van der Waals surface area contributed by atoms with E-state index in [1.807, 2.05) is 23.1 Å². The van der Waals surface area contributed by atoms with Gasteiger partial charge in [-0.15, -0.1) is 0 Å². The van der Waals surface area contributed by atoms with Crippen LogP contribution in [0.5, 0.6) is 0 Å². The van der Waals surface area contributed by atoms with Crippen LogP contribution in [0.25, 0.3) is 0 Å². The molecule has 1 saturated heterocycles. The summed E-state index contributed by atoms with van der Waals surface area (Å²) < 4.78 is 5.39. The average molecular weight is 290 g/mol. The summed E-state index contributed by atoms with van der Waals surface area (Å²) in [6, 6.07) is 5.70. The standard InChI is InChI=1S/C15H18N2O2S/c16-14(20)13-3-1-2-6-17(13)15(18)10-4-5-11-8-19-9-12(11)7-10/h4-5,7,13H,1-3,6,8-9H2,(H2,16,20). The molecule has 0 spiro atoms. The number of piperidine rings is 1. The van der Waals surface area contributed by atoms with Crippen LogP contribution >= 0.6 is 12.2 Å². The average Bonchev–Trinajstić information content (AvgIpc) is 2.93. The van der Waals surface area contributed by atoms with Crippen molar-refractivity contribution >= 4 is 23.1 Å². The smallest absolute Gasteiger partial charge is 0.254 e. The van der Waals surface area contributed by atoms with Gasteiger partial charge in [0.1, 0.15) is 0 Å². The fourth-order valence-electron chi connectivity index (χ4n) is 2.94. The van der Waals surface area contributed by atoms with Gasteiger partial charge in [0.05, 0.1) is 24.2 Å². The van der Waals surface area contributed by atoms with Crippen LogP contribution in [0.15, 0.2) is 18.2 Å². The molecule has 3 rings (SSSR count). The maximum Gasteiger partial charge on any atom is 0.254 e. The third-order valence-corrected chi connectivity index (χ3v) is 4.33. The van der Waals surface area contributed by atoms with Crippen molar-refractivity contribution in [3.63, 3.8) is 0 Å². The second-order valence-corrected chi connectivity index (χ2v) is 5.86. The molecule has 4 nitrogen and oxygen atoms in total. The second-order valence-electron chi connectivity index (χ2n) is 5.39. The first-order valence-electron chi connectivity index (χ1n) is 6.96. The number of thiocarbonyl (C=S) groups is 1. The van der Waals surface area contributed by atoms with Gasteiger partial charge in [0.15, 0.2) is 0 Å². The summed E-state index contributed by atoms with van der Waals surface area (Å²) in [5, 5.41) is 0. The van der Waals surface area contributed by atoms with Crippen LogP contribution in [0, 0.1) is 0 Å². The van der Waals surface area contributed by atoms with E-state index in [2.05, 4.69) is 0 Å². The molecule has 1 aromatic rings. The van der Waals surface area contributed by atoms with Gasteiger partial charge in [-0.25, -0.2) is 0 Å². The van der Waals surface area contributed by atoms with Gasteiger partial charge in [0.25, 0.3) is 5.91 Å². The normalized spacial score (nSPS) is 21.6. The zero-order chi connectivity index (χ0) is 14.1. The van der Waals surface area contributed by atoms with Gasteiger partial charge >= 0.3 is 0 Å². The van der Waals surface area contributed by atoms with Crippen molar-refractivity contribution in [2.75, 3.05) is 6.54 Å². The first kappa shape index (κ1) is 13.5. The summed E-state index contributed by atoms with van der Waals surface area (Å²) in [4.78, 5) is 14.9. The molecule has 0 bridgehead atoms. The molecule has 0 aromatic heterocycles. The zero-order valence-corrected chi connectivity index (χ0v) is 12.1. The highest BCUT2D eigenvalue weighted by Gasteiger charge is 2.29. The summed E-state index contributed by atoms with van der Waals surface area (Å²) in [5.41, 5.74) is 8.77. The number of nitrogens with two attached hydrogens (primary N) is 1. The predicted molar refractivity (Wildman–Crippen MR) is 80.4 cm³/mol. The number of rotatable bonds is 2. The second kappa shape index (κ2) is 5.50. The van der Waals surface area contributed by atoms with E-state index in [1.165, 1.54) is 5.56 Å². The maximum absolute atomic E-state index is 12.7. The lowest BCUT2D eigenvalue weighted by Crippen LogP contribution is -2.49. The lowest BCUT2D eigenvalue weighted by molar-refractivity contribution is 0.0681. The number of benzene rings is 1. The number of likely N-dealkylation sites (tertiary alicyclic amines) is 1. The molecule has 1 unspecified atom stereocenters. The van der Waals surface area contributed by atoms with Gasteiger partial charge in [-0.2, -0.15) is 0 Å². The molecule has 20 heavy (non-hydrogen) atoms. The van der Waals surface area contributed by atoms with Crippen LogP contribution in [0.1, 0.15) is 40.7 Å². The van der Waals surface area contributed by atoms with Gasteiger partial charge in [0.2, 0.25) is 0 Å². The number of fused-ring (bicyclic) bond motifs is 1. The van der Waals surface area contributed by atoms with Crippen LogP contribution in [0.2, 0.25) is 0 Å². The summed E-state index contributed by atoms with van der Waals surface area (Å²) >= 11 is 5.11. The fourth-order valence-corrected chi connectivity index (χ4v) is 3.19. The molecular weight excluding hydrogens is 272 g/mol. The molecule has 0 radical (unpaired) electrons. The fraction of sp³-hybridized carbons (Fsp3) is 0.467. The number of amides is 1. The molecule has 0 saturated carbocycles. The van der Waals surface area contributed by atoms with E-state index in [0.717, 1.165) is 31.4 Å². The number of hydrogen-bond acceptors (Lipinski definition) is 3. The Hall–Kier alpha value is -1.46. The van der Waals surface area contributed by atoms with Crippen LogP contribution < -0.4 is 5.73 Å². The molecule has 2 heterocycles. The van der Waals surface area contributed by atoms with E-state index < -0.39 is 0 Å². The van der Waals surface area contributed by atoms with Crippen molar-refractivity contribution in [2.24, 2.45) is 5.73 Å². The molecule has 106 valence electrons. The third kappa shape index (κ3) is 2.43. The van der Waals surface area contributed by atoms with Gasteiger partial charge in [-0.1, -0.05) is 18.3 Å². The predicted octanol–water partition coefficient (Wildman–Crippen LogP) is 2.00. The minimum Gasteiger partial charge on any atom is -0.392 e. The Kier molecular flexibility index (Phi) is 3.72. The molecule has 0 aliphatic carbocycles. The first-order valence-corrected chi connectivity index (χ1v) is 7.37. The van der Waals surface area contributed by atoms with Crippen LogP contribution in [0.3, 0.4) is 0 Å².